The van der Waals surface area contributed by atoms with E-state index in [1.807, 2.05) is 36.4 Å². The summed E-state index contributed by atoms with van der Waals surface area (Å²) in [6.07, 6.45) is 4.54. The second kappa shape index (κ2) is 14.5. The van der Waals surface area contributed by atoms with Crippen LogP contribution >= 0.6 is 22.7 Å². The maximum absolute atomic E-state index is 5.01. The molecule has 0 spiro atoms. The molecular weight excluding hydrogens is 577 g/mol. The van der Waals surface area contributed by atoms with Crippen molar-refractivity contribution in [3.05, 3.63) is 141 Å². The van der Waals surface area contributed by atoms with Gasteiger partial charge in [-0.3, -0.25) is 0 Å². The van der Waals surface area contributed by atoms with Gasteiger partial charge in [-0.25, -0.2) is 9.98 Å². The van der Waals surface area contributed by atoms with E-state index in [9.17, 15) is 0 Å². The van der Waals surface area contributed by atoms with Crippen LogP contribution in [-0.4, -0.2) is 9.13 Å². The predicted molar refractivity (Wildman–Crippen MR) is 187 cm³/mol. The summed E-state index contributed by atoms with van der Waals surface area (Å²) in [4.78, 5) is 12.1. The van der Waals surface area contributed by atoms with Gasteiger partial charge < -0.3 is 9.13 Å². The molecule has 0 aliphatic rings. The molecule has 6 heteroatoms. The van der Waals surface area contributed by atoms with Crippen molar-refractivity contribution in [3.63, 3.8) is 0 Å². The fraction of sp³-hybridized carbons (Fsp3) is 0.211. The highest BCUT2D eigenvalue weighted by molar-refractivity contribution is 7.07. The van der Waals surface area contributed by atoms with Gasteiger partial charge in [0.05, 0.1) is 22.8 Å². The first-order valence-corrected chi connectivity index (χ1v) is 17.1. The molecule has 2 aromatic heterocycles. The van der Waals surface area contributed by atoms with E-state index in [2.05, 4.69) is 107 Å². The van der Waals surface area contributed by atoms with Crippen molar-refractivity contribution in [1.82, 2.24) is 9.13 Å². The number of hydrogen-bond donors (Lipinski definition) is 0. The molecule has 0 bridgehead atoms. The summed E-state index contributed by atoms with van der Waals surface area (Å²) < 4.78 is 4.81. The molecule has 0 fully saturated rings. The van der Waals surface area contributed by atoms with Crippen LogP contribution in [0.4, 0.5) is 11.4 Å². The van der Waals surface area contributed by atoms with Crippen LogP contribution in [-0.2, 0) is 13.1 Å². The van der Waals surface area contributed by atoms with Crippen LogP contribution in [0.25, 0.3) is 22.5 Å². The van der Waals surface area contributed by atoms with E-state index in [1.54, 1.807) is 22.7 Å². The zero-order valence-corrected chi connectivity index (χ0v) is 27.0. The minimum absolute atomic E-state index is 0.952. The number of unbranched alkanes of at least 4 members (excludes halogenated alkanes) is 3. The quantitative estimate of drug-likeness (QED) is 0.130. The Balaban J connectivity index is 1.16. The third kappa shape index (κ3) is 7.44. The summed E-state index contributed by atoms with van der Waals surface area (Å²) >= 11 is 3.45. The van der Waals surface area contributed by atoms with Crippen LogP contribution in [0.3, 0.4) is 0 Å². The van der Waals surface area contributed by atoms with Gasteiger partial charge >= 0.3 is 0 Å². The zero-order chi connectivity index (χ0) is 30.1. The Labute approximate surface area is 268 Å². The first-order valence-electron chi connectivity index (χ1n) is 15.3. The summed E-state index contributed by atoms with van der Waals surface area (Å²) in [5, 5.41) is 4.51. The lowest BCUT2D eigenvalue weighted by Gasteiger charge is -2.11. The Morgan fingerprint density at radius 3 is 1.25 bits per heavy atom. The van der Waals surface area contributed by atoms with Crippen molar-refractivity contribution in [2.45, 2.75) is 52.6 Å². The topological polar surface area (TPSA) is 34.6 Å². The molecular formula is C38H38N4S2. The van der Waals surface area contributed by atoms with E-state index < -0.39 is 0 Å². The summed E-state index contributed by atoms with van der Waals surface area (Å²) in [5.41, 5.74) is 9.51. The van der Waals surface area contributed by atoms with Gasteiger partial charge in [0.2, 0.25) is 0 Å². The molecule has 0 radical (unpaired) electrons. The number of para-hydroxylation sites is 2. The number of nitrogens with zero attached hydrogens (tertiary/aromatic N) is 4. The monoisotopic (exact) mass is 614 g/mol. The lowest BCUT2D eigenvalue weighted by atomic mass is 10.1. The molecule has 4 aromatic carbocycles. The number of rotatable bonds is 11. The van der Waals surface area contributed by atoms with Gasteiger partial charge in [-0.2, -0.15) is 0 Å². The first kappa shape index (κ1) is 29.8. The van der Waals surface area contributed by atoms with Gasteiger partial charge in [-0.15, -0.1) is 22.7 Å². The lowest BCUT2D eigenvalue weighted by molar-refractivity contribution is 0.535. The second-order valence-electron chi connectivity index (χ2n) is 11.2. The molecule has 222 valence electrons. The van der Waals surface area contributed by atoms with E-state index in [0.29, 0.717) is 0 Å². The Morgan fingerprint density at radius 1 is 0.477 bits per heavy atom. The predicted octanol–water partition coefficient (Wildman–Crippen LogP) is 10.1. The first-order chi connectivity index (χ1) is 21.6. The fourth-order valence-corrected chi connectivity index (χ4v) is 7.21. The van der Waals surface area contributed by atoms with Gasteiger partial charge in [-0.05, 0) is 62.1 Å². The third-order valence-electron chi connectivity index (χ3n) is 7.77. The van der Waals surface area contributed by atoms with Crippen LogP contribution in [0, 0.1) is 13.8 Å². The second-order valence-corrected chi connectivity index (χ2v) is 12.8. The standard InChI is InChI=1S/C38H38N4S2/c1-29-17-21-31(22-18-29)35-27-43-37(39-33-13-7-5-8-14-33)41(35)25-11-3-4-12-26-42-36(32-23-19-30(2)20-24-32)28-44-38(42)40-34-15-9-6-10-16-34/h5-10,13-24,27-28H,3-4,11-12,25-26H2,1-2H3. The Morgan fingerprint density at radius 2 is 0.864 bits per heavy atom. The van der Waals surface area contributed by atoms with E-state index in [4.69, 9.17) is 9.98 Å². The Kier molecular flexibility index (Phi) is 9.80. The van der Waals surface area contributed by atoms with Crippen molar-refractivity contribution in [2.75, 3.05) is 0 Å². The van der Waals surface area contributed by atoms with E-state index >= 15 is 0 Å². The number of thiazole rings is 2. The van der Waals surface area contributed by atoms with Gasteiger partial charge in [0.25, 0.3) is 0 Å². The number of aryl methyl sites for hydroxylation is 2. The molecule has 2 heterocycles. The lowest BCUT2D eigenvalue weighted by Crippen LogP contribution is -2.17. The van der Waals surface area contributed by atoms with Crippen molar-refractivity contribution in [2.24, 2.45) is 9.98 Å². The molecule has 0 aliphatic heterocycles. The molecule has 0 aliphatic carbocycles. The average Bonchev–Trinajstić information content (AvgIpc) is 3.64. The van der Waals surface area contributed by atoms with E-state index in [-0.39, 0.29) is 0 Å². The molecule has 0 unspecified atom stereocenters. The van der Waals surface area contributed by atoms with Gasteiger partial charge in [0.15, 0.2) is 9.60 Å². The molecule has 0 saturated heterocycles. The maximum atomic E-state index is 5.01. The van der Waals surface area contributed by atoms with Crippen molar-refractivity contribution in [3.8, 4) is 22.5 Å². The number of aromatic nitrogens is 2. The smallest absolute Gasteiger partial charge is 0.190 e. The van der Waals surface area contributed by atoms with Crippen LogP contribution < -0.4 is 9.60 Å². The van der Waals surface area contributed by atoms with Gasteiger partial charge in [-0.1, -0.05) is 109 Å². The highest BCUT2D eigenvalue weighted by Gasteiger charge is 2.10. The van der Waals surface area contributed by atoms with Crippen LogP contribution in [0.15, 0.2) is 130 Å². The Hall–Kier alpha value is -4.26. The van der Waals surface area contributed by atoms with Gasteiger partial charge in [0.1, 0.15) is 0 Å². The van der Waals surface area contributed by atoms with Gasteiger partial charge in [0, 0.05) is 23.8 Å². The van der Waals surface area contributed by atoms with Crippen molar-refractivity contribution in [1.29, 1.82) is 0 Å². The molecule has 0 N–H and O–H groups in total. The number of benzene rings is 4. The summed E-state index contributed by atoms with van der Waals surface area (Å²) in [5.74, 6) is 0. The molecule has 4 nitrogen and oxygen atoms in total. The highest BCUT2D eigenvalue weighted by atomic mass is 32.1. The average molecular weight is 615 g/mol. The molecule has 6 aromatic rings. The maximum Gasteiger partial charge on any atom is 0.190 e. The molecule has 0 amide bonds. The largest absolute Gasteiger partial charge is 0.316 e. The fourth-order valence-electron chi connectivity index (χ4n) is 5.30. The third-order valence-corrected chi connectivity index (χ3v) is 9.49. The van der Waals surface area contributed by atoms with Crippen LogP contribution in [0.2, 0.25) is 0 Å². The van der Waals surface area contributed by atoms with Crippen molar-refractivity contribution >= 4 is 34.0 Å². The molecule has 44 heavy (non-hydrogen) atoms. The number of hydrogen-bond acceptors (Lipinski definition) is 4. The minimum Gasteiger partial charge on any atom is -0.316 e. The zero-order valence-electron chi connectivity index (χ0n) is 25.4. The normalized spacial score (nSPS) is 12.2. The van der Waals surface area contributed by atoms with E-state index in [1.165, 1.54) is 33.6 Å². The summed E-state index contributed by atoms with van der Waals surface area (Å²) in [6.45, 7) is 6.18. The summed E-state index contributed by atoms with van der Waals surface area (Å²) in [7, 11) is 0. The van der Waals surface area contributed by atoms with E-state index in [0.717, 1.165) is 59.8 Å². The molecule has 0 atom stereocenters. The SMILES string of the molecule is Cc1ccc(-c2csc(=Nc3ccccc3)n2CCCCCCn2c(-c3ccc(C)cc3)csc2=Nc2ccccc2)cc1. The molecule has 0 saturated carbocycles. The Bertz CT molecular complexity index is 1760. The molecule has 6 rings (SSSR count). The van der Waals surface area contributed by atoms with Crippen molar-refractivity contribution < 1.29 is 0 Å². The van der Waals surface area contributed by atoms with Crippen LogP contribution in [0.5, 0.6) is 0 Å². The minimum atomic E-state index is 0.952. The highest BCUT2D eigenvalue weighted by Crippen LogP contribution is 2.24. The van der Waals surface area contributed by atoms with Crippen LogP contribution in [0.1, 0.15) is 36.8 Å². The summed E-state index contributed by atoms with van der Waals surface area (Å²) in [6, 6.07) is 38.2.